The molecule has 0 unspecified atom stereocenters. The maximum atomic E-state index is 7.08. The number of furan rings is 1. The van der Waals surface area contributed by atoms with E-state index in [4.69, 9.17) is 4.42 Å². The summed E-state index contributed by atoms with van der Waals surface area (Å²) in [4.78, 5) is 3.90. The van der Waals surface area contributed by atoms with Crippen molar-refractivity contribution in [1.29, 1.82) is 0 Å². The SMILES string of the molecule is CC(C)(C)c1ccc2c(c1)N(c1cccc3c1oc1cc(C(C)(C)C)ccc13)c1cc(C(C)(C)C)cc3c1B2c1cc(C(C)(C)C)cc2c4c5ccccc5sc4n-3c12. The number of benzene rings is 6. The predicted octanol–water partition coefficient (Wildman–Crippen LogP) is 13.7. The first kappa shape index (κ1) is 36.8. The highest BCUT2D eigenvalue weighted by Gasteiger charge is 2.44. The minimum absolute atomic E-state index is 0.0134. The van der Waals surface area contributed by atoms with Crippen LogP contribution in [0, 0.1) is 0 Å². The largest absolute Gasteiger partial charge is 0.454 e. The zero-order valence-corrected chi connectivity index (χ0v) is 37.4. The van der Waals surface area contributed by atoms with E-state index in [1.165, 1.54) is 86.9 Å². The van der Waals surface area contributed by atoms with Gasteiger partial charge in [-0.05, 0) is 103 Å². The molecule has 0 amide bonds. The van der Waals surface area contributed by atoms with Crippen molar-refractivity contribution in [2.45, 2.75) is 105 Å². The summed E-state index contributed by atoms with van der Waals surface area (Å²) in [5, 5.41) is 6.39. The maximum Gasteiger partial charge on any atom is 0.252 e. The van der Waals surface area contributed by atoms with Crippen molar-refractivity contribution in [2.24, 2.45) is 0 Å². The van der Waals surface area contributed by atoms with Crippen LogP contribution in [-0.4, -0.2) is 11.3 Å². The van der Waals surface area contributed by atoms with E-state index in [0.29, 0.717) is 0 Å². The van der Waals surface area contributed by atoms with Crippen molar-refractivity contribution in [3.8, 4) is 5.69 Å². The first-order chi connectivity index (χ1) is 27.8. The van der Waals surface area contributed by atoms with Crippen molar-refractivity contribution in [3.05, 3.63) is 125 Å². The van der Waals surface area contributed by atoms with Gasteiger partial charge < -0.3 is 13.9 Å². The van der Waals surface area contributed by atoms with Crippen molar-refractivity contribution in [1.82, 2.24) is 4.57 Å². The first-order valence-corrected chi connectivity index (χ1v) is 22.2. The second-order valence-electron chi connectivity index (χ2n) is 21.5. The Kier molecular flexibility index (Phi) is 7.31. The average molecular weight is 789 g/mol. The van der Waals surface area contributed by atoms with Gasteiger partial charge in [0.1, 0.15) is 10.4 Å². The Morgan fingerprint density at radius 1 is 0.492 bits per heavy atom. The van der Waals surface area contributed by atoms with Gasteiger partial charge in [0.15, 0.2) is 5.58 Å². The van der Waals surface area contributed by atoms with Crippen LogP contribution < -0.4 is 21.3 Å². The molecule has 0 saturated carbocycles. The lowest BCUT2D eigenvalue weighted by Gasteiger charge is -2.42. The maximum absolute atomic E-state index is 7.08. The highest BCUT2D eigenvalue weighted by Crippen LogP contribution is 2.49. The van der Waals surface area contributed by atoms with E-state index in [-0.39, 0.29) is 28.4 Å². The standard InChI is InChI=1S/C54H53BN2OS/c1-51(2,3)30-21-23-38-41(26-30)56(40-18-15-17-35-34-22-20-31(52(4,5)6)29-44(34)58-49(35)40)42-27-33(54(10,11)12)28-43-47(42)55(38)39-25-32(53(7,8)9)24-37-46-36-16-13-14-19-45(36)59-50(46)57(43)48(37)39/h13-29H,1-12H3. The lowest BCUT2D eigenvalue weighted by atomic mass is 9.33. The van der Waals surface area contributed by atoms with Crippen LogP contribution in [0.5, 0.6) is 0 Å². The van der Waals surface area contributed by atoms with Crippen LogP contribution in [0.4, 0.5) is 17.1 Å². The van der Waals surface area contributed by atoms with Crippen molar-refractivity contribution < 1.29 is 4.42 Å². The van der Waals surface area contributed by atoms with Gasteiger partial charge in [-0.2, -0.15) is 0 Å². The van der Waals surface area contributed by atoms with E-state index in [9.17, 15) is 0 Å². The summed E-state index contributed by atoms with van der Waals surface area (Å²) >= 11 is 1.93. The van der Waals surface area contributed by atoms with Gasteiger partial charge in [0.05, 0.1) is 11.2 Å². The summed E-state index contributed by atoms with van der Waals surface area (Å²) in [5.41, 5.74) is 17.3. The second kappa shape index (κ2) is 11.7. The minimum Gasteiger partial charge on any atom is -0.454 e. The Morgan fingerprint density at radius 3 is 1.85 bits per heavy atom. The molecule has 0 saturated heterocycles. The number of nitrogens with zero attached hydrogens (tertiary/aromatic N) is 2. The number of hydrogen-bond acceptors (Lipinski definition) is 3. The van der Waals surface area contributed by atoms with E-state index < -0.39 is 0 Å². The van der Waals surface area contributed by atoms with Gasteiger partial charge in [-0.25, -0.2) is 0 Å². The number of rotatable bonds is 1. The summed E-state index contributed by atoms with van der Waals surface area (Å²) in [7, 11) is 0. The van der Waals surface area contributed by atoms with Crippen LogP contribution >= 0.6 is 11.3 Å². The lowest BCUT2D eigenvalue weighted by Crippen LogP contribution is -2.60. The molecule has 0 fully saturated rings. The molecular formula is C54H53BN2OS. The van der Waals surface area contributed by atoms with Crippen LogP contribution in [0.2, 0.25) is 0 Å². The van der Waals surface area contributed by atoms with E-state index in [2.05, 4.69) is 196 Å². The van der Waals surface area contributed by atoms with Crippen LogP contribution in [0.1, 0.15) is 105 Å². The summed E-state index contributed by atoms with van der Waals surface area (Å²) in [6.45, 7) is 28.0. The molecule has 0 atom stereocenters. The highest BCUT2D eigenvalue weighted by molar-refractivity contribution is 7.26. The molecule has 0 N–H and O–H groups in total. The van der Waals surface area contributed by atoms with Gasteiger partial charge >= 0.3 is 0 Å². The Bertz CT molecular complexity index is 3270. The van der Waals surface area contributed by atoms with Gasteiger partial charge in [0, 0.05) is 48.7 Å². The van der Waals surface area contributed by atoms with Gasteiger partial charge in [0.2, 0.25) is 0 Å². The summed E-state index contributed by atoms with van der Waals surface area (Å²) in [5.74, 6) is 0. The smallest absolute Gasteiger partial charge is 0.252 e. The molecule has 0 spiro atoms. The third kappa shape index (κ3) is 5.19. The fourth-order valence-corrected chi connectivity index (χ4v) is 11.2. The highest BCUT2D eigenvalue weighted by atomic mass is 32.1. The molecule has 294 valence electrons. The predicted molar refractivity (Wildman–Crippen MR) is 258 cm³/mol. The van der Waals surface area contributed by atoms with Crippen LogP contribution in [0.3, 0.4) is 0 Å². The first-order valence-electron chi connectivity index (χ1n) is 21.4. The zero-order chi connectivity index (χ0) is 41.3. The molecule has 5 heteroatoms. The van der Waals surface area contributed by atoms with Gasteiger partial charge in [0.25, 0.3) is 6.71 Å². The Balaban J connectivity index is 1.32. The summed E-state index contributed by atoms with van der Waals surface area (Å²) in [6.07, 6.45) is 0. The number of thiophene rings is 1. The molecular weight excluding hydrogens is 735 g/mol. The molecule has 59 heavy (non-hydrogen) atoms. The zero-order valence-electron chi connectivity index (χ0n) is 36.6. The van der Waals surface area contributed by atoms with E-state index in [1.807, 2.05) is 11.3 Å². The van der Waals surface area contributed by atoms with Crippen molar-refractivity contribution in [2.75, 3.05) is 4.90 Å². The lowest BCUT2D eigenvalue weighted by molar-refractivity contribution is 0.587. The van der Waals surface area contributed by atoms with Gasteiger partial charge in [-0.15, -0.1) is 11.3 Å². The van der Waals surface area contributed by atoms with Crippen molar-refractivity contribution in [3.63, 3.8) is 0 Å². The molecule has 5 heterocycles. The number of anilines is 3. The van der Waals surface area contributed by atoms with Crippen LogP contribution in [-0.2, 0) is 21.7 Å². The molecule has 6 aromatic carbocycles. The summed E-state index contributed by atoms with van der Waals surface area (Å²) < 4.78 is 11.1. The number of hydrogen-bond donors (Lipinski definition) is 0. The van der Waals surface area contributed by atoms with E-state index in [0.717, 1.165) is 27.6 Å². The fraction of sp³-hybridized carbons (Fsp3) is 0.296. The third-order valence-electron chi connectivity index (χ3n) is 13.4. The van der Waals surface area contributed by atoms with Crippen molar-refractivity contribution >= 4 is 105 Å². The molecule has 11 rings (SSSR count). The molecule has 0 aliphatic carbocycles. The molecule has 2 aliphatic rings. The Morgan fingerprint density at radius 2 is 1.12 bits per heavy atom. The minimum atomic E-state index is -0.100. The average Bonchev–Trinajstić information content (AvgIpc) is 3.83. The number of aromatic nitrogens is 1. The van der Waals surface area contributed by atoms with E-state index >= 15 is 0 Å². The molecule has 0 bridgehead atoms. The van der Waals surface area contributed by atoms with E-state index in [1.54, 1.807) is 0 Å². The fourth-order valence-electron chi connectivity index (χ4n) is 10.00. The molecule has 2 aliphatic heterocycles. The molecule has 3 aromatic heterocycles. The Labute approximate surface area is 352 Å². The number of para-hydroxylation sites is 1. The normalized spacial score (nSPS) is 14.4. The van der Waals surface area contributed by atoms with Crippen LogP contribution in [0.25, 0.3) is 58.8 Å². The quantitative estimate of drug-likeness (QED) is 0.155. The molecule has 0 radical (unpaired) electrons. The Hall–Kier alpha value is -5.26. The molecule has 9 aromatic rings. The topological polar surface area (TPSA) is 21.3 Å². The summed E-state index contributed by atoms with van der Waals surface area (Å²) in [6, 6.07) is 40.0. The second-order valence-corrected chi connectivity index (χ2v) is 22.5. The van der Waals surface area contributed by atoms with Gasteiger partial charge in [-0.3, -0.25) is 0 Å². The molecule has 3 nitrogen and oxygen atoms in total. The monoisotopic (exact) mass is 788 g/mol. The number of fused-ring (bicyclic) bond motifs is 12. The van der Waals surface area contributed by atoms with Gasteiger partial charge in [-0.1, -0.05) is 144 Å². The third-order valence-corrected chi connectivity index (χ3v) is 14.6. The van der Waals surface area contributed by atoms with Crippen LogP contribution in [0.15, 0.2) is 108 Å².